The number of morpholine rings is 1. The molecule has 182 valence electrons. The van der Waals surface area contributed by atoms with E-state index in [0.717, 1.165) is 0 Å². The number of alkyl halides is 1. The quantitative estimate of drug-likeness (QED) is 0.483. The second-order valence-electron chi connectivity index (χ2n) is 7.68. The fourth-order valence-electron chi connectivity index (χ4n) is 3.69. The number of carbonyl (C=O) groups excluding carboxylic acids is 1. The Balaban J connectivity index is 1.80. The van der Waals surface area contributed by atoms with E-state index >= 15 is 0 Å². The van der Waals surface area contributed by atoms with E-state index in [0.29, 0.717) is 64.7 Å². The van der Waals surface area contributed by atoms with Gasteiger partial charge in [0.2, 0.25) is 0 Å². The van der Waals surface area contributed by atoms with Crippen molar-refractivity contribution in [2.45, 2.75) is 13.0 Å². The maximum absolute atomic E-state index is 13.2. The van der Waals surface area contributed by atoms with Gasteiger partial charge in [0, 0.05) is 41.3 Å². The van der Waals surface area contributed by atoms with Crippen LogP contribution < -0.4 is 5.43 Å². The van der Waals surface area contributed by atoms with E-state index in [2.05, 4.69) is 22.3 Å². The molecular formula is C25H23Cl2FN4O3. The number of benzene rings is 2. The number of hydrazine groups is 1. The number of ether oxygens (including phenoxy) is 1. The molecule has 2 heterocycles. The molecule has 2 aromatic carbocycles. The lowest BCUT2D eigenvalue weighted by Gasteiger charge is -2.26. The summed E-state index contributed by atoms with van der Waals surface area (Å²) in [6, 6.07) is 12.1. The number of nitrogens with one attached hydrogen (secondary N) is 1. The highest BCUT2D eigenvalue weighted by atomic mass is 35.5. The van der Waals surface area contributed by atoms with Crippen LogP contribution in [0.25, 0.3) is 17.1 Å². The molecule has 10 heteroatoms. The maximum Gasteiger partial charge on any atom is 0.286 e. The monoisotopic (exact) mass is 516 g/mol. The molecule has 1 saturated heterocycles. The topological polar surface area (TPSA) is 79.6 Å². The summed E-state index contributed by atoms with van der Waals surface area (Å²) in [5, 5.41) is 12.9. The lowest BCUT2D eigenvalue weighted by atomic mass is 10.1. The SMILES string of the molecule is O=C(NN1CCOCC1)c1nc(-c2ccc(Cl)cc2Cl)n(-c2ccc(C#CCCF)cc2)c1CO. The molecule has 1 fully saturated rings. The van der Waals surface area contributed by atoms with Gasteiger partial charge in [0.1, 0.15) is 12.5 Å². The number of hydrogen-bond acceptors (Lipinski definition) is 5. The number of aliphatic hydroxyl groups is 1. The van der Waals surface area contributed by atoms with Crippen LogP contribution in [-0.4, -0.2) is 58.6 Å². The summed E-state index contributed by atoms with van der Waals surface area (Å²) in [4.78, 5) is 17.8. The van der Waals surface area contributed by atoms with Crippen molar-refractivity contribution in [1.29, 1.82) is 0 Å². The molecule has 1 aliphatic heterocycles. The van der Waals surface area contributed by atoms with Gasteiger partial charge in [-0.15, -0.1) is 0 Å². The van der Waals surface area contributed by atoms with Gasteiger partial charge in [-0.3, -0.25) is 19.2 Å². The number of nitrogens with zero attached hydrogens (tertiary/aromatic N) is 3. The van der Waals surface area contributed by atoms with Gasteiger partial charge in [-0.2, -0.15) is 0 Å². The molecule has 1 aliphatic rings. The largest absolute Gasteiger partial charge is 0.390 e. The summed E-state index contributed by atoms with van der Waals surface area (Å²) in [6.45, 7) is 1.16. The van der Waals surface area contributed by atoms with Crippen molar-refractivity contribution < 1.29 is 19.0 Å². The highest BCUT2D eigenvalue weighted by molar-refractivity contribution is 6.36. The number of aromatic nitrogens is 2. The first-order valence-electron chi connectivity index (χ1n) is 11.0. The van der Waals surface area contributed by atoms with Gasteiger partial charge in [0.05, 0.1) is 30.5 Å². The van der Waals surface area contributed by atoms with Gasteiger partial charge in [0.25, 0.3) is 5.91 Å². The number of aliphatic hydroxyl groups excluding tert-OH is 1. The Kier molecular flexibility index (Phi) is 8.39. The van der Waals surface area contributed by atoms with E-state index in [-0.39, 0.29) is 12.1 Å². The minimum absolute atomic E-state index is 0.0758. The van der Waals surface area contributed by atoms with Crippen LogP contribution in [0.1, 0.15) is 28.2 Å². The third-order valence-electron chi connectivity index (χ3n) is 5.36. The minimum atomic E-state index is -0.500. The van der Waals surface area contributed by atoms with Crippen molar-refractivity contribution >= 4 is 29.1 Å². The van der Waals surface area contributed by atoms with Gasteiger partial charge >= 0.3 is 0 Å². The third-order valence-corrected chi connectivity index (χ3v) is 5.91. The van der Waals surface area contributed by atoms with Crippen LogP contribution in [0.5, 0.6) is 0 Å². The summed E-state index contributed by atoms with van der Waals surface area (Å²) < 4.78 is 19.4. The average Bonchev–Trinajstić information content (AvgIpc) is 3.25. The standard InChI is InChI=1S/C25H23Cl2FN4O3/c26-18-6-9-20(21(27)15-18)24-29-23(25(34)30-31-11-13-35-14-12-31)22(16-33)32(24)19-7-4-17(5-8-19)3-1-2-10-28/h4-9,15,33H,2,10-14,16H2,(H,30,34). The maximum atomic E-state index is 13.2. The van der Waals surface area contributed by atoms with E-state index in [1.165, 1.54) is 0 Å². The van der Waals surface area contributed by atoms with Crippen molar-refractivity contribution in [3.05, 3.63) is 69.5 Å². The molecule has 4 rings (SSSR count). The Morgan fingerprint density at radius 3 is 2.57 bits per heavy atom. The van der Waals surface area contributed by atoms with Crippen LogP contribution in [-0.2, 0) is 11.3 Å². The second kappa shape index (κ2) is 11.7. The molecular weight excluding hydrogens is 494 g/mol. The highest BCUT2D eigenvalue weighted by Gasteiger charge is 2.26. The second-order valence-corrected chi connectivity index (χ2v) is 8.52. The Labute approximate surface area is 212 Å². The molecule has 0 aliphatic carbocycles. The number of hydrogen-bond donors (Lipinski definition) is 2. The first-order chi connectivity index (χ1) is 17.0. The predicted octanol–water partition coefficient (Wildman–Crippen LogP) is 4.03. The van der Waals surface area contributed by atoms with E-state index < -0.39 is 19.2 Å². The Bertz CT molecular complexity index is 1260. The highest BCUT2D eigenvalue weighted by Crippen LogP contribution is 2.33. The van der Waals surface area contributed by atoms with Crippen molar-refractivity contribution in [2.24, 2.45) is 0 Å². The van der Waals surface area contributed by atoms with Crippen molar-refractivity contribution in [3.8, 4) is 28.9 Å². The molecule has 1 amide bonds. The Morgan fingerprint density at radius 2 is 1.91 bits per heavy atom. The summed E-state index contributed by atoms with van der Waals surface area (Å²) in [5.41, 5.74) is 5.11. The number of halogens is 3. The predicted molar refractivity (Wildman–Crippen MR) is 132 cm³/mol. The minimum Gasteiger partial charge on any atom is -0.390 e. The molecule has 0 spiro atoms. The molecule has 0 saturated carbocycles. The van der Waals surface area contributed by atoms with Crippen molar-refractivity contribution in [2.75, 3.05) is 33.0 Å². The third kappa shape index (κ3) is 5.84. The van der Waals surface area contributed by atoms with Crippen LogP contribution in [0.2, 0.25) is 10.0 Å². The Hall–Kier alpha value is -2.93. The zero-order valence-corrected chi connectivity index (χ0v) is 20.2. The van der Waals surface area contributed by atoms with Crippen LogP contribution in [0, 0.1) is 11.8 Å². The van der Waals surface area contributed by atoms with Gasteiger partial charge in [-0.25, -0.2) is 9.99 Å². The first kappa shape index (κ1) is 25.2. The smallest absolute Gasteiger partial charge is 0.286 e. The molecule has 0 atom stereocenters. The molecule has 0 unspecified atom stereocenters. The molecule has 0 radical (unpaired) electrons. The molecule has 0 bridgehead atoms. The van der Waals surface area contributed by atoms with E-state index in [4.69, 9.17) is 27.9 Å². The van der Waals surface area contributed by atoms with E-state index in [1.807, 2.05) is 0 Å². The number of carbonyl (C=O) groups is 1. The fourth-order valence-corrected chi connectivity index (χ4v) is 4.18. The van der Waals surface area contributed by atoms with Crippen LogP contribution in [0.4, 0.5) is 4.39 Å². The molecule has 35 heavy (non-hydrogen) atoms. The fraction of sp³-hybridized carbons (Fsp3) is 0.280. The van der Waals surface area contributed by atoms with Gasteiger partial charge in [0.15, 0.2) is 5.69 Å². The van der Waals surface area contributed by atoms with Crippen LogP contribution in [0.15, 0.2) is 42.5 Å². The van der Waals surface area contributed by atoms with Gasteiger partial charge < -0.3 is 9.84 Å². The lowest BCUT2D eigenvalue weighted by Crippen LogP contribution is -2.48. The summed E-state index contributed by atoms with van der Waals surface area (Å²) in [5.74, 6) is 5.59. The van der Waals surface area contributed by atoms with E-state index in [1.54, 1.807) is 52.0 Å². The summed E-state index contributed by atoms with van der Waals surface area (Å²) in [7, 11) is 0. The summed E-state index contributed by atoms with van der Waals surface area (Å²) in [6.07, 6.45) is 0.165. The van der Waals surface area contributed by atoms with E-state index in [9.17, 15) is 14.3 Å². The summed E-state index contributed by atoms with van der Waals surface area (Å²) >= 11 is 12.6. The zero-order chi connectivity index (χ0) is 24.8. The molecule has 2 N–H and O–H groups in total. The number of imidazole rings is 1. The van der Waals surface area contributed by atoms with Gasteiger partial charge in [-0.1, -0.05) is 35.0 Å². The zero-order valence-electron chi connectivity index (χ0n) is 18.7. The average molecular weight is 517 g/mol. The number of amides is 1. The lowest BCUT2D eigenvalue weighted by molar-refractivity contribution is 0.0124. The molecule has 1 aromatic heterocycles. The first-order valence-corrected chi connectivity index (χ1v) is 11.7. The van der Waals surface area contributed by atoms with Crippen molar-refractivity contribution in [1.82, 2.24) is 20.0 Å². The van der Waals surface area contributed by atoms with Gasteiger partial charge in [-0.05, 0) is 42.5 Å². The van der Waals surface area contributed by atoms with Crippen LogP contribution >= 0.6 is 23.2 Å². The normalized spacial score (nSPS) is 13.8. The van der Waals surface area contributed by atoms with Crippen LogP contribution in [0.3, 0.4) is 0 Å². The molecule has 3 aromatic rings. The van der Waals surface area contributed by atoms with Crippen molar-refractivity contribution in [3.63, 3.8) is 0 Å². The number of rotatable bonds is 6. The molecule has 7 nitrogen and oxygen atoms in total. The Morgan fingerprint density at radius 1 is 1.17 bits per heavy atom.